The molecule has 3 heteroatoms. The number of ether oxygens (including phenoxy) is 2. The van der Waals surface area contributed by atoms with Gasteiger partial charge in [0.15, 0.2) is 0 Å². The molecule has 1 aromatic carbocycles. The average Bonchev–Trinajstić information content (AvgIpc) is 2.28. The van der Waals surface area contributed by atoms with Crippen LogP contribution in [0, 0.1) is 6.92 Å². The summed E-state index contributed by atoms with van der Waals surface area (Å²) in [5.74, 6) is 0.861. The van der Waals surface area contributed by atoms with E-state index in [4.69, 9.17) is 15.2 Å². The molecule has 3 nitrogen and oxygen atoms in total. The summed E-state index contributed by atoms with van der Waals surface area (Å²) in [5, 5.41) is 0. The van der Waals surface area contributed by atoms with Crippen molar-refractivity contribution in [3.05, 3.63) is 29.3 Å². The largest absolute Gasteiger partial charge is 0.488 e. The normalized spacial score (nSPS) is 12.5. The lowest BCUT2D eigenvalue weighted by atomic mass is 10.1. The Morgan fingerprint density at radius 1 is 1.38 bits per heavy atom. The van der Waals surface area contributed by atoms with Gasteiger partial charge in [-0.25, -0.2) is 0 Å². The zero-order valence-electron chi connectivity index (χ0n) is 10.3. The SMILES string of the molecule is CCOCC(C)Oc1ccc(C)cc1CN. The van der Waals surface area contributed by atoms with Crippen LogP contribution in [0.25, 0.3) is 0 Å². The number of nitrogens with two attached hydrogens (primary N) is 1. The first-order valence-corrected chi connectivity index (χ1v) is 5.71. The summed E-state index contributed by atoms with van der Waals surface area (Å²) < 4.78 is 11.1. The molecule has 0 aliphatic heterocycles. The highest BCUT2D eigenvalue weighted by Crippen LogP contribution is 2.20. The standard InChI is InChI=1S/C13H21NO2/c1-4-15-9-11(3)16-13-6-5-10(2)7-12(13)8-14/h5-7,11H,4,8-9,14H2,1-3H3. The Kier molecular flexibility index (Phi) is 5.29. The Labute approximate surface area is 97.6 Å². The molecule has 0 spiro atoms. The summed E-state index contributed by atoms with van der Waals surface area (Å²) in [6.45, 7) is 7.84. The molecular formula is C13H21NO2. The fourth-order valence-corrected chi connectivity index (χ4v) is 1.52. The van der Waals surface area contributed by atoms with Gasteiger partial charge in [-0.3, -0.25) is 0 Å². The van der Waals surface area contributed by atoms with Crippen molar-refractivity contribution < 1.29 is 9.47 Å². The van der Waals surface area contributed by atoms with Crippen molar-refractivity contribution in [3.63, 3.8) is 0 Å². The lowest BCUT2D eigenvalue weighted by Crippen LogP contribution is -2.20. The van der Waals surface area contributed by atoms with Gasteiger partial charge in [0, 0.05) is 18.7 Å². The van der Waals surface area contributed by atoms with Crippen molar-refractivity contribution in [2.24, 2.45) is 5.73 Å². The predicted molar refractivity (Wildman–Crippen MR) is 65.7 cm³/mol. The van der Waals surface area contributed by atoms with Crippen LogP contribution in [0.15, 0.2) is 18.2 Å². The fraction of sp³-hybridized carbons (Fsp3) is 0.538. The van der Waals surface area contributed by atoms with E-state index in [0.29, 0.717) is 19.8 Å². The molecule has 1 rings (SSSR count). The first-order valence-electron chi connectivity index (χ1n) is 5.71. The van der Waals surface area contributed by atoms with Crippen LogP contribution in [0.3, 0.4) is 0 Å². The van der Waals surface area contributed by atoms with Crippen molar-refractivity contribution in [1.82, 2.24) is 0 Å². The van der Waals surface area contributed by atoms with Gasteiger partial charge in [-0.05, 0) is 26.8 Å². The van der Waals surface area contributed by atoms with Crippen LogP contribution in [0.4, 0.5) is 0 Å². The molecule has 1 aromatic rings. The molecule has 0 amide bonds. The van der Waals surface area contributed by atoms with E-state index in [2.05, 4.69) is 6.07 Å². The molecule has 0 fully saturated rings. The summed E-state index contributed by atoms with van der Waals surface area (Å²) in [6, 6.07) is 6.06. The minimum Gasteiger partial charge on any atom is -0.488 e. The lowest BCUT2D eigenvalue weighted by molar-refractivity contribution is 0.0652. The Morgan fingerprint density at radius 2 is 2.12 bits per heavy atom. The van der Waals surface area contributed by atoms with Crippen molar-refractivity contribution in [3.8, 4) is 5.75 Å². The Hall–Kier alpha value is -1.06. The molecule has 0 aliphatic rings. The molecule has 16 heavy (non-hydrogen) atoms. The first-order chi connectivity index (χ1) is 7.67. The van der Waals surface area contributed by atoms with Crippen LogP contribution in [-0.4, -0.2) is 19.3 Å². The van der Waals surface area contributed by atoms with Crippen molar-refractivity contribution in [2.75, 3.05) is 13.2 Å². The van der Waals surface area contributed by atoms with Gasteiger partial charge in [0.1, 0.15) is 11.9 Å². The Balaban J connectivity index is 2.65. The summed E-state index contributed by atoms with van der Waals surface area (Å²) in [6.07, 6.45) is 0.0490. The topological polar surface area (TPSA) is 44.5 Å². The van der Waals surface area contributed by atoms with Gasteiger partial charge in [0.05, 0.1) is 6.61 Å². The highest BCUT2D eigenvalue weighted by atomic mass is 16.5. The molecule has 1 atom stereocenters. The molecule has 2 N–H and O–H groups in total. The minimum atomic E-state index is 0.0490. The highest BCUT2D eigenvalue weighted by Gasteiger charge is 2.07. The van der Waals surface area contributed by atoms with Gasteiger partial charge >= 0.3 is 0 Å². The first kappa shape index (κ1) is 13.0. The molecule has 0 radical (unpaired) electrons. The molecule has 0 saturated carbocycles. The fourth-order valence-electron chi connectivity index (χ4n) is 1.52. The van der Waals surface area contributed by atoms with Gasteiger partial charge in [0.25, 0.3) is 0 Å². The number of rotatable bonds is 6. The van der Waals surface area contributed by atoms with Gasteiger partial charge < -0.3 is 15.2 Å². The zero-order chi connectivity index (χ0) is 12.0. The van der Waals surface area contributed by atoms with Crippen LogP contribution in [0.2, 0.25) is 0 Å². The molecular weight excluding hydrogens is 202 g/mol. The third-order valence-corrected chi connectivity index (χ3v) is 2.32. The maximum atomic E-state index is 5.79. The smallest absolute Gasteiger partial charge is 0.124 e. The van der Waals surface area contributed by atoms with Crippen LogP contribution in [0.5, 0.6) is 5.75 Å². The number of benzene rings is 1. The molecule has 1 unspecified atom stereocenters. The van der Waals surface area contributed by atoms with E-state index in [-0.39, 0.29) is 6.10 Å². The van der Waals surface area contributed by atoms with Gasteiger partial charge in [-0.1, -0.05) is 17.7 Å². The molecule has 0 bridgehead atoms. The number of hydrogen-bond acceptors (Lipinski definition) is 3. The van der Waals surface area contributed by atoms with Crippen molar-refractivity contribution in [2.45, 2.75) is 33.4 Å². The second-order valence-electron chi connectivity index (χ2n) is 3.90. The zero-order valence-corrected chi connectivity index (χ0v) is 10.3. The average molecular weight is 223 g/mol. The maximum absolute atomic E-state index is 5.79. The van der Waals surface area contributed by atoms with Crippen LogP contribution in [-0.2, 0) is 11.3 Å². The van der Waals surface area contributed by atoms with Gasteiger partial charge in [-0.15, -0.1) is 0 Å². The lowest BCUT2D eigenvalue weighted by Gasteiger charge is -2.17. The maximum Gasteiger partial charge on any atom is 0.124 e. The predicted octanol–water partition coefficient (Wildman–Crippen LogP) is 2.26. The van der Waals surface area contributed by atoms with Crippen LogP contribution < -0.4 is 10.5 Å². The van der Waals surface area contributed by atoms with E-state index in [1.807, 2.05) is 32.9 Å². The third kappa shape index (κ3) is 3.83. The Morgan fingerprint density at radius 3 is 2.75 bits per heavy atom. The van der Waals surface area contributed by atoms with Crippen LogP contribution >= 0.6 is 0 Å². The van der Waals surface area contributed by atoms with Crippen molar-refractivity contribution in [1.29, 1.82) is 0 Å². The number of aryl methyl sites for hydroxylation is 1. The molecule has 0 heterocycles. The second-order valence-corrected chi connectivity index (χ2v) is 3.90. The van der Waals surface area contributed by atoms with Gasteiger partial charge in [-0.2, -0.15) is 0 Å². The summed E-state index contributed by atoms with van der Waals surface area (Å²) >= 11 is 0. The molecule has 0 saturated heterocycles. The Bertz CT molecular complexity index is 326. The van der Waals surface area contributed by atoms with Crippen LogP contribution in [0.1, 0.15) is 25.0 Å². The molecule has 90 valence electrons. The van der Waals surface area contributed by atoms with Gasteiger partial charge in [0.2, 0.25) is 0 Å². The summed E-state index contributed by atoms with van der Waals surface area (Å²) in [7, 11) is 0. The molecule has 0 aliphatic carbocycles. The number of hydrogen-bond donors (Lipinski definition) is 1. The monoisotopic (exact) mass is 223 g/mol. The van der Waals surface area contributed by atoms with Crippen molar-refractivity contribution >= 4 is 0 Å². The van der Waals surface area contributed by atoms with E-state index in [0.717, 1.165) is 11.3 Å². The minimum absolute atomic E-state index is 0.0490. The highest BCUT2D eigenvalue weighted by molar-refractivity contribution is 5.36. The van der Waals surface area contributed by atoms with E-state index in [9.17, 15) is 0 Å². The molecule has 0 aromatic heterocycles. The quantitative estimate of drug-likeness (QED) is 0.804. The van der Waals surface area contributed by atoms with E-state index >= 15 is 0 Å². The third-order valence-electron chi connectivity index (χ3n) is 2.32. The summed E-state index contributed by atoms with van der Waals surface area (Å²) in [4.78, 5) is 0. The second kappa shape index (κ2) is 6.51. The summed E-state index contributed by atoms with van der Waals surface area (Å²) in [5.41, 5.74) is 7.93. The van der Waals surface area contributed by atoms with E-state index in [1.54, 1.807) is 0 Å². The van der Waals surface area contributed by atoms with E-state index < -0.39 is 0 Å². The van der Waals surface area contributed by atoms with E-state index in [1.165, 1.54) is 5.56 Å².